The van der Waals surface area contributed by atoms with Gasteiger partial charge in [-0.25, -0.2) is 0 Å². The molecule has 112 valence electrons. The first-order valence-corrected chi connectivity index (χ1v) is 7.25. The molecule has 2 aromatic rings. The van der Waals surface area contributed by atoms with E-state index in [1.165, 1.54) is 11.1 Å². The summed E-state index contributed by atoms with van der Waals surface area (Å²) in [7, 11) is 3.79. The zero-order valence-corrected chi connectivity index (χ0v) is 13.0. The predicted octanol–water partition coefficient (Wildman–Crippen LogP) is 3.22. The number of methoxy groups -OCH3 is 1. The fourth-order valence-electron chi connectivity index (χ4n) is 2.39. The van der Waals surface area contributed by atoms with Gasteiger partial charge in [-0.2, -0.15) is 0 Å². The van der Waals surface area contributed by atoms with Gasteiger partial charge in [0, 0.05) is 18.6 Å². The highest BCUT2D eigenvalue weighted by molar-refractivity contribution is 5.27. The summed E-state index contributed by atoms with van der Waals surface area (Å²) in [5.74, 6) is 0.885. The number of benzene rings is 2. The summed E-state index contributed by atoms with van der Waals surface area (Å²) < 4.78 is 5.18. The molecule has 3 nitrogen and oxygen atoms in total. The summed E-state index contributed by atoms with van der Waals surface area (Å²) in [6.07, 6.45) is 0. The molecule has 21 heavy (non-hydrogen) atoms. The monoisotopic (exact) mass is 284 g/mol. The average molecular weight is 284 g/mol. The lowest BCUT2D eigenvalue weighted by atomic mass is 10.00. The van der Waals surface area contributed by atoms with Crippen LogP contribution in [0.4, 0.5) is 0 Å². The van der Waals surface area contributed by atoms with Crippen LogP contribution in [0.2, 0.25) is 0 Å². The minimum Gasteiger partial charge on any atom is -0.497 e. The minimum absolute atomic E-state index is 0.00875. The van der Waals surface area contributed by atoms with Crippen LogP contribution in [0.15, 0.2) is 54.6 Å². The number of nitrogens with two attached hydrogens (primary N) is 1. The molecule has 0 saturated carbocycles. The fourth-order valence-corrected chi connectivity index (χ4v) is 2.39. The summed E-state index contributed by atoms with van der Waals surface area (Å²) in [6, 6.07) is 18.7. The molecular formula is C18H24N2O. The van der Waals surface area contributed by atoms with Gasteiger partial charge < -0.3 is 10.5 Å². The van der Waals surface area contributed by atoms with Gasteiger partial charge in [-0.15, -0.1) is 0 Å². The van der Waals surface area contributed by atoms with Gasteiger partial charge in [0.1, 0.15) is 5.75 Å². The molecule has 0 aromatic heterocycles. The lowest BCUT2D eigenvalue weighted by Gasteiger charge is -2.30. The van der Waals surface area contributed by atoms with Crippen molar-refractivity contribution in [1.29, 1.82) is 0 Å². The van der Waals surface area contributed by atoms with Crippen molar-refractivity contribution in [3.8, 4) is 5.75 Å². The largest absolute Gasteiger partial charge is 0.497 e. The van der Waals surface area contributed by atoms with Crippen molar-refractivity contribution in [3.05, 3.63) is 65.7 Å². The second-order valence-corrected chi connectivity index (χ2v) is 5.44. The van der Waals surface area contributed by atoms with E-state index in [1.54, 1.807) is 7.11 Å². The Morgan fingerprint density at radius 1 is 1.05 bits per heavy atom. The van der Waals surface area contributed by atoms with E-state index in [4.69, 9.17) is 10.5 Å². The zero-order valence-electron chi connectivity index (χ0n) is 13.0. The molecule has 0 saturated heterocycles. The van der Waals surface area contributed by atoms with Gasteiger partial charge in [-0.3, -0.25) is 4.90 Å². The van der Waals surface area contributed by atoms with E-state index in [0.29, 0.717) is 0 Å². The molecule has 2 N–H and O–H groups in total. The van der Waals surface area contributed by atoms with Crippen molar-refractivity contribution in [1.82, 2.24) is 4.90 Å². The summed E-state index contributed by atoms with van der Waals surface area (Å²) >= 11 is 0. The zero-order chi connectivity index (χ0) is 15.2. The van der Waals surface area contributed by atoms with Gasteiger partial charge in [0.2, 0.25) is 0 Å². The fraction of sp³-hybridized carbons (Fsp3) is 0.333. The molecule has 0 aliphatic rings. The molecule has 0 fully saturated rings. The normalized spacial score (nSPS) is 14.0. The third-order valence-corrected chi connectivity index (χ3v) is 3.99. The van der Waals surface area contributed by atoms with Crippen LogP contribution in [-0.4, -0.2) is 25.1 Å². The Balaban J connectivity index is 2.00. The average Bonchev–Trinajstić information content (AvgIpc) is 2.55. The molecule has 0 aliphatic heterocycles. The van der Waals surface area contributed by atoms with Crippen molar-refractivity contribution in [3.63, 3.8) is 0 Å². The molecule has 2 rings (SSSR count). The summed E-state index contributed by atoms with van der Waals surface area (Å²) in [5.41, 5.74) is 8.80. The quantitative estimate of drug-likeness (QED) is 0.885. The van der Waals surface area contributed by atoms with E-state index in [1.807, 2.05) is 30.3 Å². The van der Waals surface area contributed by atoms with Crippen LogP contribution in [0.25, 0.3) is 0 Å². The third-order valence-electron chi connectivity index (χ3n) is 3.99. The summed E-state index contributed by atoms with van der Waals surface area (Å²) in [4.78, 5) is 2.28. The molecule has 0 amide bonds. The van der Waals surface area contributed by atoms with E-state index in [9.17, 15) is 0 Å². The lowest BCUT2D eigenvalue weighted by Crippen LogP contribution is -2.37. The molecule has 2 aromatic carbocycles. The van der Waals surface area contributed by atoms with Crippen LogP contribution < -0.4 is 10.5 Å². The second-order valence-electron chi connectivity index (χ2n) is 5.44. The summed E-state index contributed by atoms with van der Waals surface area (Å²) in [5, 5.41) is 0. The number of ether oxygens (including phenoxy) is 1. The molecule has 0 radical (unpaired) electrons. The number of hydrogen-bond donors (Lipinski definition) is 1. The Hall–Kier alpha value is -1.84. The third kappa shape index (κ3) is 4.06. The van der Waals surface area contributed by atoms with Gasteiger partial charge in [0.15, 0.2) is 0 Å². The standard InChI is InChI=1S/C18H24N2O/c1-14(18(19)16-7-5-4-6-8-16)20(2)13-15-9-11-17(21-3)12-10-15/h4-12,14,18H,13,19H2,1-3H3. The van der Waals surface area contributed by atoms with E-state index in [2.05, 4.69) is 43.1 Å². The SMILES string of the molecule is COc1ccc(CN(C)C(C)C(N)c2ccccc2)cc1. The molecule has 2 atom stereocenters. The van der Waals surface area contributed by atoms with Crippen LogP contribution in [0.5, 0.6) is 5.75 Å². The van der Waals surface area contributed by atoms with Gasteiger partial charge >= 0.3 is 0 Å². The maximum Gasteiger partial charge on any atom is 0.118 e. The van der Waals surface area contributed by atoms with Crippen LogP contribution in [0.1, 0.15) is 24.1 Å². The van der Waals surface area contributed by atoms with Gasteiger partial charge in [-0.1, -0.05) is 42.5 Å². The maximum absolute atomic E-state index is 6.38. The first kappa shape index (κ1) is 15.5. The smallest absolute Gasteiger partial charge is 0.118 e. The topological polar surface area (TPSA) is 38.5 Å². The van der Waals surface area contributed by atoms with E-state index in [0.717, 1.165) is 12.3 Å². The van der Waals surface area contributed by atoms with Crippen LogP contribution in [0, 0.1) is 0 Å². The van der Waals surface area contributed by atoms with Crippen LogP contribution in [0.3, 0.4) is 0 Å². The van der Waals surface area contributed by atoms with Crippen molar-refractivity contribution in [2.24, 2.45) is 5.73 Å². The highest BCUT2D eigenvalue weighted by atomic mass is 16.5. The lowest BCUT2D eigenvalue weighted by molar-refractivity contribution is 0.219. The highest BCUT2D eigenvalue weighted by Gasteiger charge is 2.19. The Bertz CT molecular complexity index is 539. The van der Waals surface area contributed by atoms with Gasteiger partial charge in [0.25, 0.3) is 0 Å². The van der Waals surface area contributed by atoms with Gasteiger partial charge in [0.05, 0.1) is 7.11 Å². The van der Waals surface area contributed by atoms with Crippen molar-refractivity contribution in [2.45, 2.75) is 25.6 Å². The number of hydrogen-bond acceptors (Lipinski definition) is 3. The molecular weight excluding hydrogens is 260 g/mol. The van der Waals surface area contributed by atoms with Crippen molar-refractivity contribution in [2.75, 3.05) is 14.2 Å². The van der Waals surface area contributed by atoms with Crippen molar-refractivity contribution < 1.29 is 4.74 Å². The maximum atomic E-state index is 6.38. The molecule has 0 bridgehead atoms. The first-order valence-electron chi connectivity index (χ1n) is 7.25. The van der Waals surface area contributed by atoms with Gasteiger partial charge in [-0.05, 0) is 37.2 Å². The number of nitrogens with zero attached hydrogens (tertiary/aromatic N) is 1. The Morgan fingerprint density at radius 2 is 1.67 bits per heavy atom. The van der Waals surface area contributed by atoms with E-state index in [-0.39, 0.29) is 12.1 Å². The predicted molar refractivity (Wildman–Crippen MR) is 87.3 cm³/mol. The molecule has 0 aliphatic carbocycles. The molecule has 2 unspecified atom stereocenters. The van der Waals surface area contributed by atoms with E-state index >= 15 is 0 Å². The van der Waals surface area contributed by atoms with Crippen LogP contribution in [-0.2, 0) is 6.54 Å². The highest BCUT2D eigenvalue weighted by Crippen LogP contribution is 2.20. The first-order chi connectivity index (χ1) is 10.1. The Labute approximate surface area is 127 Å². The Morgan fingerprint density at radius 3 is 2.24 bits per heavy atom. The van der Waals surface area contributed by atoms with Crippen molar-refractivity contribution >= 4 is 0 Å². The second kappa shape index (κ2) is 7.25. The Kier molecular flexibility index (Phi) is 5.37. The molecule has 0 heterocycles. The van der Waals surface area contributed by atoms with E-state index < -0.39 is 0 Å². The number of likely N-dealkylation sites (N-methyl/N-ethyl adjacent to an activating group) is 1. The number of rotatable bonds is 6. The summed E-state index contributed by atoms with van der Waals surface area (Å²) in [6.45, 7) is 3.03. The van der Waals surface area contributed by atoms with Crippen LogP contribution >= 0.6 is 0 Å². The molecule has 0 spiro atoms. The minimum atomic E-state index is 0.00875. The molecule has 3 heteroatoms.